The first-order valence-corrected chi connectivity index (χ1v) is 7.33. The lowest BCUT2D eigenvalue weighted by molar-refractivity contribution is -0.111. The van der Waals surface area contributed by atoms with Crippen molar-refractivity contribution >= 4 is 17.6 Å². The minimum Gasteiger partial charge on any atom is -0.289 e. The molecule has 1 saturated carbocycles. The Hall–Kier alpha value is -2.55. The molecule has 1 fully saturated rings. The number of halogens is 1. The van der Waals surface area contributed by atoms with Crippen LogP contribution in [0.15, 0.2) is 69.4 Å². The summed E-state index contributed by atoms with van der Waals surface area (Å²) in [4.78, 5) is 17.4. The quantitative estimate of drug-likeness (QED) is 0.714. The molecule has 0 spiro atoms. The number of benzene rings is 1. The summed E-state index contributed by atoms with van der Waals surface area (Å²) in [5, 5.41) is 0. The fourth-order valence-corrected chi connectivity index (χ4v) is 3.20. The van der Waals surface area contributed by atoms with Crippen molar-refractivity contribution in [3.05, 3.63) is 75.8 Å². The maximum atomic E-state index is 13.0. The normalized spacial score (nSPS) is 21.6. The zero-order valence-corrected chi connectivity index (χ0v) is 12.2. The maximum absolute atomic E-state index is 13.0. The Labute approximate surface area is 128 Å². The van der Waals surface area contributed by atoms with E-state index in [1.54, 1.807) is 12.1 Å². The van der Waals surface area contributed by atoms with Gasteiger partial charge in [0.05, 0.1) is 11.4 Å². The van der Waals surface area contributed by atoms with Crippen molar-refractivity contribution in [1.82, 2.24) is 0 Å². The maximum Gasteiger partial charge on any atom is 0.191 e. The zero-order valence-electron chi connectivity index (χ0n) is 12.2. The number of rotatable bonds is 1. The van der Waals surface area contributed by atoms with Gasteiger partial charge in [0.25, 0.3) is 0 Å². The van der Waals surface area contributed by atoms with E-state index in [1.807, 2.05) is 13.0 Å². The summed E-state index contributed by atoms with van der Waals surface area (Å²) in [5.41, 5.74) is 6.39. The summed E-state index contributed by atoms with van der Waals surface area (Å²) in [5.74, 6) is -0.207. The standard InChI is InChI=1S/C19H14FNO/c1-11-3-2-4-15-17-16(21-18(11)15)10-13(19(17)22)9-12-5-7-14(20)8-6-12/h2-3,5-9H,4,10H2,1H3. The van der Waals surface area contributed by atoms with E-state index in [2.05, 4.69) is 17.1 Å². The van der Waals surface area contributed by atoms with E-state index in [1.165, 1.54) is 12.1 Å². The van der Waals surface area contributed by atoms with E-state index >= 15 is 0 Å². The number of allylic oxidation sites excluding steroid dienone is 6. The molecule has 4 rings (SSSR count). The summed E-state index contributed by atoms with van der Waals surface area (Å²) in [6, 6.07) is 6.18. The van der Waals surface area contributed by atoms with Crippen LogP contribution in [0.4, 0.5) is 4.39 Å². The van der Waals surface area contributed by atoms with E-state index < -0.39 is 0 Å². The lowest BCUT2D eigenvalue weighted by Crippen LogP contribution is -2.02. The van der Waals surface area contributed by atoms with Crippen molar-refractivity contribution in [2.24, 2.45) is 4.99 Å². The highest BCUT2D eigenvalue weighted by molar-refractivity contribution is 6.38. The number of carbonyl (C=O) groups is 1. The highest BCUT2D eigenvalue weighted by atomic mass is 19.1. The molecule has 1 heterocycles. The van der Waals surface area contributed by atoms with Gasteiger partial charge in [-0.3, -0.25) is 9.79 Å². The molecule has 0 atom stereocenters. The molecular formula is C19H14FNO. The van der Waals surface area contributed by atoms with Gasteiger partial charge in [-0.05, 0) is 48.3 Å². The lowest BCUT2D eigenvalue weighted by Gasteiger charge is -2.10. The number of nitrogens with zero attached hydrogens (tertiary/aromatic N) is 1. The van der Waals surface area contributed by atoms with Crippen molar-refractivity contribution in [2.75, 3.05) is 0 Å². The van der Waals surface area contributed by atoms with Gasteiger partial charge in [-0.15, -0.1) is 0 Å². The SMILES string of the molecule is CC1=C2N=C3CC(=Cc4ccc(F)cc4)C(=O)C3=C2CC=C1. The Balaban J connectivity index is 1.74. The molecule has 2 nitrogen and oxygen atoms in total. The first-order valence-electron chi connectivity index (χ1n) is 7.33. The number of ketones is 1. The van der Waals surface area contributed by atoms with Crippen LogP contribution in [0.5, 0.6) is 0 Å². The van der Waals surface area contributed by atoms with Gasteiger partial charge in [0.2, 0.25) is 0 Å². The summed E-state index contributed by atoms with van der Waals surface area (Å²) in [6.45, 7) is 2.02. The van der Waals surface area contributed by atoms with Gasteiger partial charge in [-0.2, -0.15) is 0 Å². The fourth-order valence-electron chi connectivity index (χ4n) is 3.20. The minimum atomic E-state index is -0.273. The molecule has 22 heavy (non-hydrogen) atoms. The largest absolute Gasteiger partial charge is 0.289 e. The molecule has 1 aliphatic heterocycles. The number of carbonyl (C=O) groups excluding carboxylic acids is 1. The topological polar surface area (TPSA) is 29.4 Å². The van der Waals surface area contributed by atoms with Crippen LogP contribution in [0, 0.1) is 5.82 Å². The summed E-state index contributed by atoms with van der Waals surface area (Å²) < 4.78 is 13.0. The second-order valence-electron chi connectivity index (χ2n) is 5.78. The molecular weight excluding hydrogens is 277 g/mol. The Morgan fingerprint density at radius 2 is 2.00 bits per heavy atom. The Kier molecular flexibility index (Phi) is 2.83. The van der Waals surface area contributed by atoms with Crippen molar-refractivity contribution in [3.63, 3.8) is 0 Å². The number of hydrogen-bond acceptors (Lipinski definition) is 2. The molecule has 1 aromatic carbocycles. The predicted molar refractivity (Wildman–Crippen MR) is 84.9 cm³/mol. The number of hydrogen-bond donors (Lipinski definition) is 0. The smallest absolute Gasteiger partial charge is 0.191 e. The van der Waals surface area contributed by atoms with Crippen LogP contribution in [-0.2, 0) is 4.79 Å². The molecule has 0 saturated heterocycles. The minimum absolute atomic E-state index is 0.0659. The van der Waals surface area contributed by atoms with Gasteiger partial charge in [0.15, 0.2) is 5.78 Å². The van der Waals surface area contributed by atoms with E-state index in [-0.39, 0.29) is 11.6 Å². The zero-order chi connectivity index (χ0) is 15.3. The Bertz CT molecular complexity index is 848. The van der Waals surface area contributed by atoms with Crippen LogP contribution in [0.3, 0.4) is 0 Å². The third kappa shape index (κ3) is 1.93. The number of Topliss-reactive ketones (excluding diaryl/α,β-unsaturated/α-hetero) is 1. The Morgan fingerprint density at radius 3 is 2.77 bits per heavy atom. The number of fused-ring (bicyclic) bond motifs is 2. The molecule has 0 radical (unpaired) electrons. The van der Waals surface area contributed by atoms with Gasteiger partial charge in [-0.25, -0.2) is 4.39 Å². The van der Waals surface area contributed by atoms with Crippen molar-refractivity contribution in [3.8, 4) is 0 Å². The van der Waals surface area contributed by atoms with E-state index in [0.717, 1.165) is 45.7 Å². The van der Waals surface area contributed by atoms with Crippen molar-refractivity contribution in [2.45, 2.75) is 19.8 Å². The molecule has 2 aliphatic carbocycles. The van der Waals surface area contributed by atoms with E-state index in [4.69, 9.17) is 0 Å². The highest BCUT2D eigenvalue weighted by Gasteiger charge is 2.37. The third-order valence-electron chi connectivity index (χ3n) is 4.27. The summed E-state index contributed by atoms with van der Waals surface area (Å²) in [6.07, 6.45) is 7.31. The number of aliphatic imine (C=N–C) groups is 1. The van der Waals surface area contributed by atoms with Crippen LogP contribution >= 0.6 is 0 Å². The monoisotopic (exact) mass is 291 g/mol. The molecule has 0 aromatic heterocycles. The molecule has 3 aliphatic rings. The summed E-state index contributed by atoms with van der Waals surface area (Å²) >= 11 is 0. The molecule has 0 N–H and O–H groups in total. The molecule has 0 amide bonds. The first-order chi connectivity index (χ1) is 10.6. The molecule has 1 aromatic rings. The molecule has 0 bridgehead atoms. The highest BCUT2D eigenvalue weighted by Crippen LogP contribution is 2.41. The van der Waals surface area contributed by atoms with E-state index in [9.17, 15) is 9.18 Å². The Morgan fingerprint density at radius 1 is 1.23 bits per heavy atom. The first kappa shape index (κ1) is 13.1. The van der Waals surface area contributed by atoms with Gasteiger partial charge in [0.1, 0.15) is 5.82 Å². The molecule has 108 valence electrons. The van der Waals surface area contributed by atoms with E-state index in [0.29, 0.717) is 6.42 Å². The van der Waals surface area contributed by atoms with Crippen molar-refractivity contribution < 1.29 is 9.18 Å². The van der Waals surface area contributed by atoms with Crippen molar-refractivity contribution in [1.29, 1.82) is 0 Å². The van der Waals surface area contributed by atoms with Gasteiger partial charge in [0, 0.05) is 17.6 Å². The van der Waals surface area contributed by atoms with Crippen LogP contribution in [-0.4, -0.2) is 11.5 Å². The lowest BCUT2D eigenvalue weighted by atomic mass is 9.95. The molecule has 0 unspecified atom stereocenters. The average molecular weight is 291 g/mol. The van der Waals surface area contributed by atoms with Crippen LogP contribution in [0.25, 0.3) is 6.08 Å². The van der Waals surface area contributed by atoms with Crippen LogP contribution in [0.2, 0.25) is 0 Å². The predicted octanol–water partition coefficient (Wildman–Crippen LogP) is 4.17. The van der Waals surface area contributed by atoms with Gasteiger partial charge >= 0.3 is 0 Å². The molecule has 3 heteroatoms. The summed E-state index contributed by atoms with van der Waals surface area (Å²) in [7, 11) is 0. The van der Waals surface area contributed by atoms with Crippen LogP contribution < -0.4 is 0 Å². The second-order valence-corrected chi connectivity index (χ2v) is 5.78. The average Bonchev–Trinajstić information content (AvgIpc) is 3.01. The fraction of sp³-hybridized carbons (Fsp3) is 0.158. The third-order valence-corrected chi connectivity index (χ3v) is 4.27. The van der Waals surface area contributed by atoms with Gasteiger partial charge in [-0.1, -0.05) is 24.3 Å². The van der Waals surface area contributed by atoms with Gasteiger partial charge < -0.3 is 0 Å². The van der Waals surface area contributed by atoms with Crippen LogP contribution in [0.1, 0.15) is 25.3 Å². The second kappa shape index (κ2) is 4.73.